The van der Waals surface area contributed by atoms with Gasteiger partial charge < -0.3 is 14.3 Å². The summed E-state index contributed by atoms with van der Waals surface area (Å²) in [4.78, 5) is 0. The van der Waals surface area contributed by atoms with Crippen LogP contribution in [-0.2, 0) is 4.74 Å². The van der Waals surface area contributed by atoms with Gasteiger partial charge in [0.05, 0.1) is 16.8 Å². The predicted molar refractivity (Wildman–Crippen MR) is 47.8 cm³/mol. The molecule has 0 aliphatic rings. The second kappa shape index (κ2) is 4.07. The standard InChI is InChI=1S/C8H11BrO3/c1-5(11-2)7(10)8-6(9)3-4-12-8/h3-5,7,10H,1-2H3. The molecule has 68 valence electrons. The SMILES string of the molecule is COC(C)C(O)c1occc1Br. The fourth-order valence-corrected chi connectivity index (χ4v) is 1.29. The van der Waals surface area contributed by atoms with Crippen LogP contribution in [0.5, 0.6) is 0 Å². The van der Waals surface area contributed by atoms with Crippen molar-refractivity contribution in [3.63, 3.8) is 0 Å². The Bertz CT molecular complexity index is 246. The largest absolute Gasteiger partial charge is 0.465 e. The van der Waals surface area contributed by atoms with Gasteiger partial charge in [-0.05, 0) is 28.9 Å². The van der Waals surface area contributed by atoms with Gasteiger partial charge in [-0.2, -0.15) is 0 Å². The number of aliphatic hydroxyl groups is 1. The van der Waals surface area contributed by atoms with Crippen molar-refractivity contribution in [2.24, 2.45) is 0 Å². The van der Waals surface area contributed by atoms with E-state index in [-0.39, 0.29) is 6.10 Å². The molecular weight excluding hydrogens is 224 g/mol. The molecule has 0 amide bonds. The number of furan rings is 1. The Morgan fingerprint density at radius 2 is 2.33 bits per heavy atom. The Hall–Kier alpha value is -0.320. The first-order valence-electron chi connectivity index (χ1n) is 3.60. The minimum absolute atomic E-state index is 0.271. The summed E-state index contributed by atoms with van der Waals surface area (Å²) in [6.45, 7) is 1.78. The Kier molecular flexibility index (Phi) is 3.31. The first-order chi connectivity index (χ1) is 5.66. The number of hydrogen-bond donors (Lipinski definition) is 1. The maximum atomic E-state index is 9.61. The topological polar surface area (TPSA) is 42.6 Å². The highest BCUT2D eigenvalue weighted by molar-refractivity contribution is 9.10. The summed E-state index contributed by atoms with van der Waals surface area (Å²) in [6.07, 6.45) is 0.525. The molecule has 0 spiro atoms. The summed E-state index contributed by atoms with van der Waals surface area (Å²) < 4.78 is 10.8. The van der Waals surface area contributed by atoms with Crippen LogP contribution in [0.2, 0.25) is 0 Å². The number of rotatable bonds is 3. The number of aliphatic hydroxyl groups excluding tert-OH is 1. The molecule has 2 unspecified atom stereocenters. The fraction of sp³-hybridized carbons (Fsp3) is 0.500. The third-order valence-corrected chi connectivity index (χ3v) is 2.38. The van der Waals surface area contributed by atoms with Gasteiger partial charge in [0, 0.05) is 7.11 Å². The van der Waals surface area contributed by atoms with E-state index in [4.69, 9.17) is 9.15 Å². The third kappa shape index (κ3) is 1.88. The van der Waals surface area contributed by atoms with Gasteiger partial charge in [-0.1, -0.05) is 0 Å². The molecule has 1 aromatic heterocycles. The van der Waals surface area contributed by atoms with Crippen LogP contribution in [0.1, 0.15) is 18.8 Å². The predicted octanol–water partition coefficient (Wildman–Crippen LogP) is 2.11. The van der Waals surface area contributed by atoms with Gasteiger partial charge in [0.1, 0.15) is 11.9 Å². The number of hydrogen-bond acceptors (Lipinski definition) is 3. The van der Waals surface area contributed by atoms with Crippen molar-refractivity contribution >= 4 is 15.9 Å². The maximum absolute atomic E-state index is 9.61. The second-order valence-corrected chi connectivity index (χ2v) is 3.37. The van der Waals surface area contributed by atoms with Crippen molar-refractivity contribution in [2.45, 2.75) is 19.1 Å². The van der Waals surface area contributed by atoms with E-state index in [2.05, 4.69) is 15.9 Å². The molecule has 1 aromatic rings. The molecule has 0 saturated heterocycles. The highest BCUT2D eigenvalue weighted by Crippen LogP contribution is 2.27. The molecule has 1 heterocycles. The van der Waals surface area contributed by atoms with Crippen LogP contribution in [-0.4, -0.2) is 18.3 Å². The molecule has 12 heavy (non-hydrogen) atoms. The first-order valence-corrected chi connectivity index (χ1v) is 4.40. The zero-order valence-corrected chi connectivity index (χ0v) is 8.54. The number of halogens is 1. The summed E-state index contributed by atoms with van der Waals surface area (Å²) in [5.74, 6) is 0.504. The normalized spacial score (nSPS) is 16.0. The van der Waals surface area contributed by atoms with E-state index in [1.807, 2.05) is 0 Å². The smallest absolute Gasteiger partial charge is 0.149 e. The molecule has 0 radical (unpaired) electrons. The van der Waals surface area contributed by atoms with Crippen LogP contribution in [0.25, 0.3) is 0 Å². The molecule has 0 bridgehead atoms. The lowest BCUT2D eigenvalue weighted by molar-refractivity contribution is -0.0126. The molecular formula is C8H11BrO3. The van der Waals surface area contributed by atoms with E-state index < -0.39 is 6.10 Å². The first kappa shape index (κ1) is 9.77. The second-order valence-electron chi connectivity index (χ2n) is 2.52. The third-order valence-electron chi connectivity index (χ3n) is 1.73. The van der Waals surface area contributed by atoms with Gasteiger partial charge in [0.2, 0.25) is 0 Å². The van der Waals surface area contributed by atoms with Crippen LogP contribution in [0.3, 0.4) is 0 Å². The van der Waals surface area contributed by atoms with Crippen LogP contribution < -0.4 is 0 Å². The molecule has 0 aliphatic carbocycles. The van der Waals surface area contributed by atoms with Crippen molar-refractivity contribution in [1.82, 2.24) is 0 Å². The van der Waals surface area contributed by atoms with Crippen molar-refractivity contribution in [3.05, 3.63) is 22.6 Å². The summed E-state index contributed by atoms with van der Waals surface area (Å²) in [7, 11) is 1.55. The van der Waals surface area contributed by atoms with E-state index in [1.165, 1.54) is 6.26 Å². The summed E-state index contributed by atoms with van der Waals surface area (Å²) in [6, 6.07) is 1.74. The van der Waals surface area contributed by atoms with Gasteiger partial charge in [-0.3, -0.25) is 0 Å². The van der Waals surface area contributed by atoms with Crippen molar-refractivity contribution < 1.29 is 14.3 Å². The zero-order chi connectivity index (χ0) is 9.14. The molecule has 0 fully saturated rings. The molecule has 3 nitrogen and oxygen atoms in total. The molecule has 0 saturated carbocycles. The van der Waals surface area contributed by atoms with Crippen molar-refractivity contribution in [1.29, 1.82) is 0 Å². The summed E-state index contributed by atoms with van der Waals surface area (Å²) in [5.41, 5.74) is 0. The van der Waals surface area contributed by atoms with Crippen molar-refractivity contribution in [3.8, 4) is 0 Å². The lowest BCUT2D eigenvalue weighted by atomic mass is 10.2. The van der Waals surface area contributed by atoms with Crippen LogP contribution in [0.4, 0.5) is 0 Å². The van der Waals surface area contributed by atoms with E-state index in [0.29, 0.717) is 5.76 Å². The van der Waals surface area contributed by atoms with Gasteiger partial charge in [-0.15, -0.1) is 0 Å². The number of methoxy groups -OCH3 is 1. The van der Waals surface area contributed by atoms with Crippen molar-refractivity contribution in [2.75, 3.05) is 7.11 Å². The number of ether oxygens (including phenoxy) is 1. The minimum Gasteiger partial charge on any atom is -0.465 e. The lowest BCUT2D eigenvalue weighted by Crippen LogP contribution is -2.16. The Labute approximate surface area is 79.5 Å². The minimum atomic E-state index is -0.723. The van der Waals surface area contributed by atoms with Crippen LogP contribution >= 0.6 is 15.9 Å². The van der Waals surface area contributed by atoms with Gasteiger partial charge in [0.25, 0.3) is 0 Å². The average molecular weight is 235 g/mol. The highest BCUT2D eigenvalue weighted by atomic mass is 79.9. The molecule has 2 atom stereocenters. The molecule has 0 aliphatic heterocycles. The molecule has 1 rings (SSSR count). The lowest BCUT2D eigenvalue weighted by Gasteiger charge is -2.15. The molecule has 4 heteroatoms. The maximum Gasteiger partial charge on any atom is 0.149 e. The van der Waals surface area contributed by atoms with Gasteiger partial charge in [-0.25, -0.2) is 0 Å². The quantitative estimate of drug-likeness (QED) is 0.872. The van der Waals surface area contributed by atoms with Crippen LogP contribution in [0, 0.1) is 0 Å². The average Bonchev–Trinajstić information content (AvgIpc) is 2.48. The van der Waals surface area contributed by atoms with E-state index in [0.717, 1.165) is 4.47 Å². The van der Waals surface area contributed by atoms with E-state index >= 15 is 0 Å². The van der Waals surface area contributed by atoms with Gasteiger partial charge >= 0.3 is 0 Å². The van der Waals surface area contributed by atoms with Crippen LogP contribution in [0.15, 0.2) is 21.2 Å². The zero-order valence-electron chi connectivity index (χ0n) is 6.95. The Balaban J connectivity index is 2.77. The molecule has 1 N–H and O–H groups in total. The van der Waals surface area contributed by atoms with E-state index in [1.54, 1.807) is 20.1 Å². The molecule has 0 aromatic carbocycles. The monoisotopic (exact) mass is 234 g/mol. The Morgan fingerprint density at radius 3 is 2.75 bits per heavy atom. The highest BCUT2D eigenvalue weighted by Gasteiger charge is 2.21. The van der Waals surface area contributed by atoms with E-state index in [9.17, 15) is 5.11 Å². The fourth-order valence-electron chi connectivity index (χ4n) is 0.859. The Morgan fingerprint density at radius 1 is 1.67 bits per heavy atom. The van der Waals surface area contributed by atoms with Gasteiger partial charge in [0.15, 0.2) is 0 Å². The summed E-state index contributed by atoms with van der Waals surface area (Å²) in [5, 5.41) is 9.61. The summed E-state index contributed by atoms with van der Waals surface area (Å²) >= 11 is 3.26.